The maximum atomic E-state index is 12.5. The molecule has 0 unspecified atom stereocenters. The molecule has 1 saturated heterocycles. The van der Waals surface area contributed by atoms with Gasteiger partial charge in [0, 0.05) is 29.0 Å². The van der Waals surface area contributed by atoms with Crippen LogP contribution in [0.4, 0.5) is 0 Å². The maximum absolute atomic E-state index is 12.5. The number of benzene rings is 1. The van der Waals surface area contributed by atoms with Gasteiger partial charge in [0.25, 0.3) is 5.91 Å². The standard InChI is InChI=1S/C16H20ClN3O/c1-19-8-6-11(7-9-19)18-16(21)15-10-12-13(17)4-3-5-14(12)20(15)2/h3-5,10-11H,6-9H2,1-2H3,(H,18,21). The van der Waals surface area contributed by atoms with Crippen molar-refractivity contribution in [1.82, 2.24) is 14.8 Å². The lowest BCUT2D eigenvalue weighted by Gasteiger charge is -2.29. The minimum absolute atomic E-state index is 0.0145. The molecule has 0 spiro atoms. The van der Waals surface area contributed by atoms with Crippen LogP contribution in [-0.2, 0) is 7.05 Å². The number of carbonyl (C=O) groups excluding carboxylic acids is 1. The number of halogens is 1. The Morgan fingerprint density at radius 3 is 2.67 bits per heavy atom. The van der Waals surface area contributed by atoms with Crippen molar-refractivity contribution in [2.75, 3.05) is 20.1 Å². The minimum Gasteiger partial charge on any atom is -0.348 e. The maximum Gasteiger partial charge on any atom is 0.268 e. The molecule has 0 bridgehead atoms. The summed E-state index contributed by atoms with van der Waals surface area (Å²) in [7, 11) is 4.02. The monoisotopic (exact) mass is 305 g/mol. The number of amides is 1. The first-order chi connectivity index (χ1) is 10.1. The summed E-state index contributed by atoms with van der Waals surface area (Å²) in [5.74, 6) is -0.0145. The minimum atomic E-state index is -0.0145. The van der Waals surface area contributed by atoms with Gasteiger partial charge >= 0.3 is 0 Å². The van der Waals surface area contributed by atoms with Gasteiger partial charge in [0.1, 0.15) is 5.69 Å². The highest BCUT2D eigenvalue weighted by atomic mass is 35.5. The summed E-state index contributed by atoms with van der Waals surface area (Å²) in [5, 5.41) is 4.76. The number of hydrogen-bond donors (Lipinski definition) is 1. The molecule has 0 saturated carbocycles. The zero-order valence-electron chi connectivity index (χ0n) is 12.4. The second-order valence-corrected chi connectivity index (χ2v) is 6.22. The van der Waals surface area contributed by atoms with Crippen LogP contribution >= 0.6 is 11.6 Å². The van der Waals surface area contributed by atoms with E-state index in [1.165, 1.54) is 0 Å². The summed E-state index contributed by atoms with van der Waals surface area (Å²) in [6, 6.07) is 7.88. The number of aromatic nitrogens is 1. The Morgan fingerprint density at radius 2 is 2.00 bits per heavy atom. The van der Waals surface area contributed by atoms with Gasteiger partial charge in [-0.1, -0.05) is 17.7 Å². The Kier molecular flexibility index (Phi) is 3.91. The van der Waals surface area contributed by atoms with Crippen molar-refractivity contribution in [3.63, 3.8) is 0 Å². The predicted octanol–water partition coefficient (Wildman–Crippen LogP) is 2.66. The molecule has 5 heteroatoms. The molecule has 1 aliphatic heterocycles. The Morgan fingerprint density at radius 1 is 1.29 bits per heavy atom. The van der Waals surface area contributed by atoms with Crippen LogP contribution in [0, 0.1) is 0 Å². The first-order valence-electron chi connectivity index (χ1n) is 7.29. The van der Waals surface area contributed by atoms with Gasteiger partial charge in [-0.3, -0.25) is 4.79 Å². The number of fused-ring (bicyclic) bond motifs is 1. The number of aryl methyl sites for hydroxylation is 1. The molecule has 0 atom stereocenters. The lowest BCUT2D eigenvalue weighted by Crippen LogP contribution is -2.43. The van der Waals surface area contributed by atoms with Gasteiger partial charge in [0.15, 0.2) is 0 Å². The van der Waals surface area contributed by atoms with E-state index in [2.05, 4.69) is 17.3 Å². The molecule has 0 radical (unpaired) electrons. The Hall–Kier alpha value is -1.52. The molecule has 1 aromatic carbocycles. The van der Waals surface area contributed by atoms with Crippen LogP contribution in [0.3, 0.4) is 0 Å². The summed E-state index contributed by atoms with van der Waals surface area (Å²) < 4.78 is 1.91. The SMILES string of the molecule is CN1CCC(NC(=O)c2cc3c(Cl)cccc3n2C)CC1. The molecule has 1 amide bonds. The zero-order chi connectivity index (χ0) is 15.0. The van der Waals surface area contributed by atoms with Crippen molar-refractivity contribution in [1.29, 1.82) is 0 Å². The largest absolute Gasteiger partial charge is 0.348 e. The molecule has 2 aromatic rings. The van der Waals surface area contributed by atoms with Gasteiger partial charge in [0.2, 0.25) is 0 Å². The third-order valence-corrected chi connectivity index (χ3v) is 4.65. The number of likely N-dealkylation sites (tertiary alicyclic amines) is 1. The van der Waals surface area contributed by atoms with E-state index in [4.69, 9.17) is 11.6 Å². The van der Waals surface area contributed by atoms with E-state index in [0.29, 0.717) is 10.7 Å². The lowest BCUT2D eigenvalue weighted by atomic mass is 10.1. The fourth-order valence-corrected chi connectivity index (χ4v) is 3.18. The molecule has 1 aromatic heterocycles. The summed E-state index contributed by atoms with van der Waals surface area (Å²) in [6.45, 7) is 2.07. The van der Waals surface area contributed by atoms with Gasteiger partial charge in [-0.2, -0.15) is 0 Å². The topological polar surface area (TPSA) is 37.3 Å². The summed E-state index contributed by atoms with van der Waals surface area (Å²) in [5.41, 5.74) is 1.65. The molecule has 0 aliphatic carbocycles. The van der Waals surface area contributed by atoms with Crippen molar-refractivity contribution < 1.29 is 4.79 Å². The molecule has 2 heterocycles. The highest BCUT2D eigenvalue weighted by Crippen LogP contribution is 2.26. The second-order valence-electron chi connectivity index (χ2n) is 5.81. The summed E-state index contributed by atoms with van der Waals surface area (Å²) in [6.07, 6.45) is 2.01. The number of carbonyl (C=O) groups is 1. The molecule has 1 aliphatic rings. The first kappa shape index (κ1) is 14.4. The van der Waals surface area contributed by atoms with Gasteiger partial charge in [-0.15, -0.1) is 0 Å². The third-order valence-electron chi connectivity index (χ3n) is 4.32. The molecule has 112 valence electrons. The normalized spacial score (nSPS) is 17.3. The van der Waals surface area contributed by atoms with Crippen LogP contribution in [0.25, 0.3) is 10.9 Å². The van der Waals surface area contributed by atoms with Gasteiger partial charge in [-0.05, 0) is 51.2 Å². The number of nitrogens with zero attached hydrogens (tertiary/aromatic N) is 2. The van der Waals surface area contributed by atoms with Crippen LogP contribution in [0.15, 0.2) is 24.3 Å². The van der Waals surface area contributed by atoms with E-state index in [9.17, 15) is 4.79 Å². The first-order valence-corrected chi connectivity index (χ1v) is 7.67. The highest BCUT2D eigenvalue weighted by Gasteiger charge is 2.21. The number of rotatable bonds is 2. The Labute approximate surface area is 129 Å². The van der Waals surface area contributed by atoms with Crippen molar-refractivity contribution in [3.8, 4) is 0 Å². The van der Waals surface area contributed by atoms with Crippen molar-refractivity contribution in [2.24, 2.45) is 7.05 Å². The Bertz CT molecular complexity index is 671. The van der Waals surface area contributed by atoms with Crippen molar-refractivity contribution in [3.05, 3.63) is 35.0 Å². The van der Waals surface area contributed by atoms with Crippen LogP contribution in [0.2, 0.25) is 5.02 Å². The summed E-state index contributed by atoms with van der Waals surface area (Å²) >= 11 is 6.20. The Balaban J connectivity index is 1.82. The smallest absolute Gasteiger partial charge is 0.268 e. The van der Waals surface area contributed by atoms with Crippen molar-refractivity contribution >= 4 is 28.4 Å². The average molecular weight is 306 g/mol. The van der Waals surface area contributed by atoms with Gasteiger partial charge < -0.3 is 14.8 Å². The molecule has 3 rings (SSSR count). The van der Waals surface area contributed by atoms with Crippen LogP contribution in [-0.4, -0.2) is 41.6 Å². The third kappa shape index (κ3) is 2.78. The number of piperidine rings is 1. The molecule has 21 heavy (non-hydrogen) atoms. The molecule has 4 nitrogen and oxygen atoms in total. The van der Waals surface area contributed by atoms with E-state index in [1.807, 2.05) is 35.9 Å². The van der Waals surface area contributed by atoms with Crippen LogP contribution in [0.1, 0.15) is 23.3 Å². The quantitative estimate of drug-likeness (QED) is 0.926. The zero-order valence-corrected chi connectivity index (χ0v) is 13.2. The van der Waals surface area contributed by atoms with Crippen molar-refractivity contribution in [2.45, 2.75) is 18.9 Å². The van der Waals surface area contributed by atoms with Crippen LogP contribution in [0.5, 0.6) is 0 Å². The molecular formula is C16H20ClN3O. The molecule has 1 fully saturated rings. The molecule has 1 N–H and O–H groups in total. The summed E-state index contributed by atoms with van der Waals surface area (Å²) in [4.78, 5) is 14.8. The molecular weight excluding hydrogens is 286 g/mol. The van der Waals surface area contributed by atoms with E-state index in [1.54, 1.807) is 0 Å². The number of nitrogens with one attached hydrogen (secondary N) is 1. The van der Waals surface area contributed by atoms with E-state index < -0.39 is 0 Å². The fourth-order valence-electron chi connectivity index (χ4n) is 2.95. The van der Waals surface area contributed by atoms with E-state index in [0.717, 1.165) is 36.8 Å². The van der Waals surface area contributed by atoms with E-state index >= 15 is 0 Å². The average Bonchev–Trinajstić information content (AvgIpc) is 2.81. The van der Waals surface area contributed by atoms with Gasteiger partial charge in [-0.25, -0.2) is 0 Å². The second kappa shape index (κ2) is 5.70. The predicted molar refractivity (Wildman–Crippen MR) is 85.9 cm³/mol. The van der Waals surface area contributed by atoms with Crippen LogP contribution < -0.4 is 5.32 Å². The van der Waals surface area contributed by atoms with Gasteiger partial charge in [0.05, 0.1) is 0 Å². The number of hydrogen-bond acceptors (Lipinski definition) is 2. The fraction of sp³-hybridized carbons (Fsp3) is 0.438. The van der Waals surface area contributed by atoms with E-state index in [-0.39, 0.29) is 11.9 Å². The lowest BCUT2D eigenvalue weighted by molar-refractivity contribution is 0.0909. The highest BCUT2D eigenvalue weighted by molar-refractivity contribution is 6.35.